The van der Waals surface area contributed by atoms with Gasteiger partial charge in [-0.25, -0.2) is 8.42 Å². The molecule has 0 aromatic heterocycles. The Labute approximate surface area is 71.6 Å². The molecule has 0 aromatic rings. The second-order valence-corrected chi connectivity index (χ2v) is 4.87. The van der Waals surface area contributed by atoms with Crippen molar-refractivity contribution in [2.24, 2.45) is 5.73 Å². The van der Waals surface area contributed by atoms with Crippen molar-refractivity contribution < 1.29 is 13.2 Å². The van der Waals surface area contributed by atoms with Crippen LogP contribution in [0.2, 0.25) is 0 Å². The molecule has 5 nitrogen and oxygen atoms in total. The SMILES string of the molecule is CS(=O)(=O)N1CCC[C@H]1C(N)=O. The fourth-order valence-corrected chi connectivity index (χ4v) is 2.55. The minimum Gasteiger partial charge on any atom is -0.368 e. The molecule has 1 heterocycles. The summed E-state index contributed by atoms with van der Waals surface area (Å²) in [6.07, 6.45) is 2.34. The molecule has 0 aromatic carbocycles. The first kappa shape index (κ1) is 9.47. The number of primary amides is 1. The Hall–Kier alpha value is -0.620. The predicted octanol–water partition coefficient (Wildman–Crippen LogP) is -1.10. The number of nitrogens with two attached hydrogens (primary N) is 1. The molecule has 1 fully saturated rings. The molecule has 2 N–H and O–H groups in total. The standard InChI is InChI=1S/C6H12N2O3S/c1-12(10,11)8-4-2-3-5(8)6(7)9/h5H,2-4H2,1H3,(H2,7,9)/t5-/m0/s1. The van der Waals surface area contributed by atoms with Crippen LogP contribution in [0, 0.1) is 0 Å². The van der Waals surface area contributed by atoms with E-state index in [2.05, 4.69) is 0 Å². The molecule has 1 rings (SSSR count). The van der Waals surface area contributed by atoms with Crippen LogP contribution in [0.3, 0.4) is 0 Å². The van der Waals surface area contributed by atoms with E-state index in [1.165, 1.54) is 0 Å². The summed E-state index contributed by atoms with van der Waals surface area (Å²) >= 11 is 0. The van der Waals surface area contributed by atoms with Crippen LogP contribution in [0.25, 0.3) is 0 Å². The van der Waals surface area contributed by atoms with Crippen molar-refractivity contribution in [3.63, 3.8) is 0 Å². The van der Waals surface area contributed by atoms with Crippen LogP contribution in [-0.2, 0) is 14.8 Å². The van der Waals surface area contributed by atoms with E-state index in [0.29, 0.717) is 19.4 Å². The molecular weight excluding hydrogens is 180 g/mol. The summed E-state index contributed by atoms with van der Waals surface area (Å²) < 4.78 is 23.3. The molecular formula is C6H12N2O3S. The van der Waals surface area contributed by atoms with E-state index in [9.17, 15) is 13.2 Å². The van der Waals surface area contributed by atoms with Crippen LogP contribution in [0.5, 0.6) is 0 Å². The van der Waals surface area contributed by atoms with Crippen molar-refractivity contribution in [1.82, 2.24) is 4.31 Å². The van der Waals surface area contributed by atoms with E-state index in [4.69, 9.17) is 5.73 Å². The van der Waals surface area contributed by atoms with Crippen LogP contribution < -0.4 is 5.73 Å². The zero-order valence-corrected chi connectivity index (χ0v) is 7.67. The largest absolute Gasteiger partial charge is 0.368 e. The summed E-state index contributed by atoms with van der Waals surface area (Å²) in [6, 6.07) is -0.625. The van der Waals surface area contributed by atoms with Gasteiger partial charge in [0.2, 0.25) is 15.9 Å². The van der Waals surface area contributed by atoms with E-state index < -0.39 is 22.0 Å². The van der Waals surface area contributed by atoms with Crippen molar-refractivity contribution in [3.05, 3.63) is 0 Å². The first-order chi connectivity index (χ1) is 5.43. The Kier molecular flexibility index (Phi) is 2.39. The molecule has 70 valence electrons. The second-order valence-electron chi connectivity index (χ2n) is 2.93. The maximum Gasteiger partial charge on any atom is 0.235 e. The number of amides is 1. The van der Waals surface area contributed by atoms with Gasteiger partial charge in [-0.15, -0.1) is 0 Å². The monoisotopic (exact) mass is 192 g/mol. The molecule has 0 aliphatic carbocycles. The number of rotatable bonds is 2. The van der Waals surface area contributed by atoms with Crippen LogP contribution in [0.4, 0.5) is 0 Å². The van der Waals surface area contributed by atoms with Crippen molar-refractivity contribution in [2.75, 3.05) is 12.8 Å². The zero-order chi connectivity index (χ0) is 9.35. The molecule has 0 spiro atoms. The molecule has 0 saturated carbocycles. The Morgan fingerprint density at radius 3 is 2.50 bits per heavy atom. The highest BCUT2D eigenvalue weighted by atomic mass is 32.2. The number of sulfonamides is 1. The lowest BCUT2D eigenvalue weighted by Gasteiger charge is -2.18. The minimum absolute atomic E-state index is 0.409. The molecule has 1 atom stereocenters. The highest BCUT2D eigenvalue weighted by Crippen LogP contribution is 2.19. The molecule has 1 saturated heterocycles. The maximum atomic E-state index is 11.1. The van der Waals surface area contributed by atoms with Gasteiger partial charge in [0.1, 0.15) is 6.04 Å². The second kappa shape index (κ2) is 3.02. The molecule has 0 radical (unpaired) electrons. The summed E-state index contributed by atoms with van der Waals surface area (Å²) in [5, 5.41) is 0. The van der Waals surface area contributed by atoms with Crippen LogP contribution in [-0.4, -0.2) is 37.5 Å². The van der Waals surface area contributed by atoms with Crippen molar-refractivity contribution in [2.45, 2.75) is 18.9 Å². The predicted molar refractivity (Wildman–Crippen MR) is 43.8 cm³/mol. The molecule has 0 bridgehead atoms. The lowest BCUT2D eigenvalue weighted by molar-refractivity contribution is -0.121. The van der Waals surface area contributed by atoms with Gasteiger partial charge in [-0.2, -0.15) is 4.31 Å². The molecule has 1 amide bonds. The molecule has 1 aliphatic rings. The van der Waals surface area contributed by atoms with Gasteiger partial charge in [0.25, 0.3) is 0 Å². The Bertz CT molecular complexity index is 285. The van der Waals surface area contributed by atoms with Crippen LogP contribution >= 0.6 is 0 Å². The molecule has 1 aliphatic heterocycles. The van der Waals surface area contributed by atoms with E-state index in [1.807, 2.05) is 0 Å². The van der Waals surface area contributed by atoms with Crippen LogP contribution in [0.15, 0.2) is 0 Å². The van der Waals surface area contributed by atoms with Gasteiger partial charge in [-0.05, 0) is 12.8 Å². The highest BCUT2D eigenvalue weighted by molar-refractivity contribution is 7.88. The van der Waals surface area contributed by atoms with E-state index >= 15 is 0 Å². The van der Waals surface area contributed by atoms with Gasteiger partial charge in [0.15, 0.2) is 0 Å². The number of hydrogen-bond donors (Lipinski definition) is 1. The number of carbonyl (C=O) groups is 1. The first-order valence-electron chi connectivity index (χ1n) is 3.69. The summed E-state index contributed by atoms with van der Waals surface area (Å²) in [5.74, 6) is -0.557. The smallest absolute Gasteiger partial charge is 0.235 e. The Morgan fingerprint density at radius 1 is 1.58 bits per heavy atom. The van der Waals surface area contributed by atoms with Crippen molar-refractivity contribution >= 4 is 15.9 Å². The Balaban J connectivity index is 2.85. The number of nitrogens with zero attached hydrogens (tertiary/aromatic N) is 1. The lowest BCUT2D eigenvalue weighted by atomic mass is 10.2. The van der Waals surface area contributed by atoms with Gasteiger partial charge in [0.05, 0.1) is 6.26 Å². The first-order valence-corrected chi connectivity index (χ1v) is 5.54. The van der Waals surface area contributed by atoms with Crippen LogP contribution in [0.1, 0.15) is 12.8 Å². The summed E-state index contributed by atoms with van der Waals surface area (Å²) in [6.45, 7) is 0.409. The molecule has 0 unspecified atom stereocenters. The van der Waals surface area contributed by atoms with Gasteiger partial charge < -0.3 is 5.73 Å². The third-order valence-electron chi connectivity index (χ3n) is 1.96. The van der Waals surface area contributed by atoms with Gasteiger partial charge in [0, 0.05) is 6.54 Å². The van der Waals surface area contributed by atoms with Gasteiger partial charge in [-0.1, -0.05) is 0 Å². The normalized spacial score (nSPS) is 25.9. The third kappa shape index (κ3) is 1.75. The molecule has 6 heteroatoms. The number of carbonyl (C=O) groups excluding carboxylic acids is 1. The van der Waals surface area contributed by atoms with Crippen molar-refractivity contribution in [1.29, 1.82) is 0 Å². The number of hydrogen-bond acceptors (Lipinski definition) is 3. The Morgan fingerprint density at radius 2 is 2.17 bits per heavy atom. The summed E-state index contributed by atoms with van der Waals surface area (Å²) in [7, 11) is -3.26. The van der Waals surface area contributed by atoms with E-state index in [-0.39, 0.29) is 0 Å². The van der Waals surface area contributed by atoms with E-state index in [0.717, 1.165) is 10.6 Å². The lowest BCUT2D eigenvalue weighted by Crippen LogP contribution is -2.43. The fourth-order valence-electron chi connectivity index (χ4n) is 1.42. The zero-order valence-electron chi connectivity index (χ0n) is 6.86. The highest BCUT2D eigenvalue weighted by Gasteiger charge is 2.34. The minimum atomic E-state index is -3.26. The van der Waals surface area contributed by atoms with Gasteiger partial charge in [-0.3, -0.25) is 4.79 Å². The summed E-state index contributed by atoms with van der Waals surface area (Å²) in [5.41, 5.74) is 5.04. The van der Waals surface area contributed by atoms with Crippen molar-refractivity contribution in [3.8, 4) is 0 Å². The topological polar surface area (TPSA) is 80.5 Å². The van der Waals surface area contributed by atoms with E-state index in [1.54, 1.807) is 0 Å². The quantitative estimate of drug-likeness (QED) is 0.602. The average Bonchev–Trinajstić information content (AvgIpc) is 2.30. The third-order valence-corrected chi connectivity index (χ3v) is 3.25. The molecule has 12 heavy (non-hydrogen) atoms. The van der Waals surface area contributed by atoms with Gasteiger partial charge >= 0.3 is 0 Å². The fraction of sp³-hybridized carbons (Fsp3) is 0.833. The average molecular weight is 192 g/mol. The maximum absolute atomic E-state index is 11.1. The summed E-state index contributed by atoms with van der Waals surface area (Å²) in [4.78, 5) is 10.8.